The molecule has 146 valence electrons. The molecule has 0 saturated carbocycles. The zero-order valence-electron chi connectivity index (χ0n) is 15.2. The van der Waals surface area contributed by atoms with Crippen molar-refractivity contribution in [1.82, 2.24) is 10.0 Å². The number of carbonyl (C=O) groups is 1. The molecular weight excluding hydrogens is 390 g/mol. The van der Waals surface area contributed by atoms with Crippen molar-refractivity contribution in [1.29, 1.82) is 0 Å². The standard InChI is InChI=1S/C18H22ClN3O4S/c1-12-3-4-14(19)9-15(12)22-8-7-13(11-22)10-21-18(23)16-5-6-17(26-16)27(24,25)20-2/h3-6,9,13,20H,7-8,10-11H2,1-2H3,(H,21,23). The molecule has 1 fully saturated rings. The molecule has 1 aromatic heterocycles. The van der Waals surface area contributed by atoms with Gasteiger partial charge in [0.25, 0.3) is 15.9 Å². The number of carbonyl (C=O) groups excluding carboxylic acids is 1. The number of sulfonamides is 1. The molecule has 1 saturated heterocycles. The Morgan fingerprint density at radius 2 is 2.11 bits per heavy atom. The SMILES string of the molecule is CNS(=O)(=O)c1ccc(C(=O)NCC2CCN(c3cc(Cl)ccc3C)C2)o1. The molecular formula is C18H22ClN3O4S. The van der Waals surface area contributed by atoms with Gasteiger partial charge in [0.15, 0.2) is 5.76 Å². The predicted molar refractivity (Wildman–Crippen MR) is 104 cm³/mol. The fourth-order valence-corrected chi connectivity index (χ4v) is 3.97. The van der Waals surface area contributed by atoms with Gasteiger partial charge in [-0.15, -0.1) is 0 Å². The molecule has 0 spiro atoms. The van der Waals surface area contributed by atoms with E-state index in [0.717, 1.165) is 30.8 Å². The van der Waals surface area contributed by atoms with Crippen LogP contribution in [-0.2, 0) is 10.0 Å². The topological polar surface area (TPSA) is 91.6 Å². The summed E-state index contributed by atoms with van der Waals surface area (Å²) in [5.41, 5.74) is 2.28. The molecule has 0 bridgehead atoms. The molecule has 27 heavy (non-hydrogen) atoms. The van der Waals surface area contributed by atoms with Gasteiger partial charge < -0.3 is 14.6 Å². The fraction of sp³-hybridized carbons (Fsp3) is 0.389. The van der Waals surface area contributed by atoms with Crippen LogP contribution in [0.4, 0.5) is 5.69 Å². The Kier molecular flexibility index (Phi) is 5.78. The molecule has 1 unspecified atom stereocenters. The molecule has 2 heterocycles. The van der Waals surface area contributed by atoms with Gasteiger partial charge in [0.1, 0.15) is 0 Å². The largest absolute Gasteiger partial charge is 0.438 e. The molecule has 7 nitrogen and oxygen atoms in total. The van der Waals surface area contributed by atoms with Gasteiger partial charge in [-0.05, 0) is 56.1 Å². The number of furan rings is 1. The Morgan fingerprint density at radius 1 is 1.33 bits per heavy atom. The highest BCUT2D eigenvalue weighted by atomic mass is 35.5. The van der Waals surface area contributed by atoms with Gasteiger partial charge in [0.2, 0.25) is 5.09 Å². The van der Waals surface area contributed by atoms with Gasteiger partial charge in [0.05, 0.1) is 0 Å². The van der Waals surface area contributed by atoms with E-state index in [9.17, 15) is 13.2 Å². The number of amides is 1. The normalized spacial score (nSPS) is 17.3. The Balaban J connectivity index is 1.57. The first-order valence-corrected chi connectivity index (χ1v) is 10.5. The average Bonchev–Trinajstić information content (AvgIpc) is 3.31. The second kappa shape index (κ2) is 7.92. The molecule has 2 aromatic rings. The lowest BCUT2D eigenvalue weighted by atomic mass is 10.1. The Labute approximate surface area is 163 Å². The Morgan fingerprint density at radius 3 is 2.85 bits per heavy atom. The van der Waals surface area contributed by atoms with Crippen LogP contribution in [0.3, 0.4) is 0 Å². The smallest absolute Gasteiger partial charge is 0.287 e. The van der Waals surface area contributed by atoms with Gasteiger partial charge in [-0.3, -0.25) is 4.79 Å². The van der Waals surface area contributed by atoms with E-state index in [0.29, 0.717) is 17.5 Å². The van der Waals surface area contributed by atoms with E-state index in [1.807, 2.05) is 18.2 Å². The van der Waals surface area contributed by atoms with Gasteiger partial charge in [0, 0.05) is 30.3 Å². The van der Waals surface area contributed by atoms with Crippen LogP contribution < -0.4 is 14.9 Å². The number of benzene rings is 1. The van der Waals surface area contributed by atoms with Gasteiger partial charge in [-0.2, -0.15) is 0 Å². The third-order valence-corrected chi connectivity index (χ3v) is 6.21. The van der Waals surface area contributed by atoms with Crippen LogP contribution in [0.2, 0.25) is 5.02 Å². The summed E-state index contributed by atoms with van der Waals surface area (Å²) in [7, 11) is -2.42. The second-order valence-corrected chi connectivity index (χ2v) is 8.82. The molecule has 0 radical (unpaired) electrons. The van der Waals surface area contributed by atoms with Crippen molar-refractivity contribution in [3.05, 3.63) is 46.7 Å². The number of rotatable bonds is 6. The molecule has 2 N–H and O–H groups in total. The van der Waals surface area contributed by atoms with Crippen molar-refractivity contribution in [2.24, 2.45) is 5.92 Å². The quantitative estimate of drug-likeness (QED) is 0.761. The highest BCUT2D eigenvalue weighted by Gasteiger charge is 2.25. The zero-order chi connectivity index (χ0) is 19.6. The first kappa shape index (κ1) is 19.7. The zero-order valence-corrected chi connectivity index (χ0v) is 16.7. The molecule has 1 amide bonds. The summed E-state index contributed by atoms with van der Waals surface area (Å²) in [6.45, 7) is 4.25. The summed E-state index contributed by atoms with van der Waals surface area (Å²) in [5.74, 6) is -0.155. The number of nitrogens with one attached hydrogen (secondary N) is 2. The molecule has 9 heteroatoms. The van der Waals surface area contributed by atoms with Crippen LogP contribution in [0.15, 0.2) is 39.8 Å². The minimum Gasteiger partial charge on any atom is -0.438 e. The number of aryl methyl sites for hydroxylation is 1. The first-order chi connectivity index (χ1) is 12.8. The number of nitrogens with zero attached hydrogens (tertiary/aromatic N) is 1. The minimum absolute atomic E-state index is 0.0237. The molecule has 1 aliphatic heterocycles. The van der Waals surface area contributed by atoms with Crippen molar-refractivity contribution in [2.45, 2.75) is 18.4 Å². The fourth-order valence-electron chi connectivity index (χ4n) is 3.15. The number of hydrogen-bond donors (Lipinski definition) is 2. The predicted octanol–water partition coefficient (Wildman–Crippen LogP) is 2.41. The van der Waals surface area contributed by atoms with Crippen molar-refractivity contribution >= 4 is 33.2 Å². The highest BCUT2D eigenvalue weighted by molar-refractivity contribution is 7.89. The molecule has 3 rings (SSSR count). The lowest BCUT2D eigenvalue weighted by Gasteiger charge is -2.21. The highest BCUT2D eigenvalue weighted by Crippen LogP contribution is 2.29. The van der Waals surface area contributed by atoms with Gasteiger partial charge >= 0.3 is 0 Å². The van der Waals surface area contributed by atoms with E-state index in [-0.39, 0.29) is 10.9 Å². The Bertz CT molecular complexity index is 942. The lowest BCUT2D eigenvalue weighted by Crippen LogP contribution is -2.31. The van der Waals surface area contributed by atoms with Crippen LogP contribution >= 0.6 is 11.6 Å². The average molecular weight is 412 g/mol. The van der Waals surface area contributed by atoms with Crippen molar-refractivity contribution in [2.75, 3.05) is 31.6 Å². The second-order valence-electron chi connectivity index (χ2n) is 6.57. The van der Waals surface area contributed by atoms with Crippen LogP contribution in [-0.4, -0.2) is 41.0 Å². The molecule has 1 aromatic carbocycles. The van der Waals surface area contributed by atoms with E-state index >= 15 is 0 Å². The maximum atomic E-state index is 12.2. The summed E-state index contributed by atoms with van der Waals surface area (Å²) >= 11 is 6.11. The summed E-state index contributed by atoms with van der Waals surface area (Å²) in [4.78, 5) is 14.5. The van der Waals surface area contributed by atoms with Crippen LogP contribution in [0.1, 0.15) is 22.5 Å². The van der Waals surface area contributed by atoms with Crippen molar-refractivity contribution < 1.29 is 17.6 Å². The molecule has 1 aliphatic rings. The van der Waals surface area contributed by atoms with Gasteiger partial charge in [-0.25, -0.2) is 13.1 Å². The van der Waals surface area contributed by atoms with E-state index in [1.165, 1.54) is 19.2 Å². The van der Waals surface area contributed by atoms with Crippen LogP contribution in [0.5, 0.6) is 0 Å². The molecule has 1 atom stereocenters. The van der Waals surface area contributed by atoms with Crippen LogP contribution in [0.25, 0.3) is 0 Å². The first-order valence-electron chi connectivity index (χ1n) is 8.63. The maximum absolute atomic E-state index is 12.2. The number of anilines is 1. The van der Waals surface area contributed by atoms with Crippen molar-refractivity contribution in [3.63, 3.8) is 0 Å². The van der Waals surface area contributed by atoms with E-state index in [4.69, 9.17) is 16.0 Å². The summed E-state index contributed by atoms with van der Waals surface area (Å²) < 4.78 is 30.6. The number of hydrogen-bond acceptors (Lipinski definition) is 5. The summed E-state index contributed by atoms with van der Waals surface area (Å²) in [6, 6.07) is 8.46. The maximum Gasteiger partial charge on any atom is 0.287 e. The summed E-state index contributed by atoms with van der Waals surface area (Å²) in [5, 5.41) is 3.25. The lowest BCUT2D eigenvalue weighted by molar-refractivity contribution is 0.0915. The molecule has 0 aliphatic carbocycles. The van der Waals surface area contributed by atoms with E-state index < -0.39 is 15.9 Å². The van der Waals surface area contributed by atoms with E-state index in [2.05, 4.69) is 21.9 Å². The monoisotopic (exact) mass is 411 g/mol. The third-order valence-electron chi connectivity index (χ3n) is 4.69. The third kappa shape index (κ3) is 4.45. The van der Waals surface area contributed by atoms with Crippen LogP contribution in [0, 0.1) is 12.8 Å². The Hall–Kier alpha value is -2.03. The van der Waals surface area contributed by atoms with Gasteiger partial charge in [-0.1, -0.05) is 17.7 Å². The number of halogens is 1. The minimum atomic E-state index is -3.70. The summed E-state index contributed by atoms with van der Waals surface area (Å²) in [6.07, 6.45) is 0.948. The van der Waals surface area contributed by atoms with E-state index in [1.54, 1.807) is 0 Å². The van der Waals surface area contributed by atoms with Crippen molar-refractivity contribution in [3.8, 4) is 0 Å².